The van der Waals surface area contributed by atoms with E-state index in [9.17, 15) is 0 Å². The molecule has 0 rings (SSSR count). The second-order valence-corrected chi connectivity index (χ2v) is 2.37. The summed E-state index contributed by atoms with van der Waals surface area (Å²) < 4.78 is 0. The van der Waals surface area contributed by atoms with Gasteiger partial charge in [-0.15, -0.1) is 0 Å². The van der Waals surface area contributed by atoms with Crippen LogP contribution in [-0.2, 0) is 0 Å². The Bertz CT molecular complexity index is 114. The molecule has 0 heterocycles. The van der Waals surface area contributed by atoms with Crippen LogP contribution in [0.5, 0.6) is 0 Å². The molecule has 0 saturated carbocycles. The van der Waals surface area contributed by atoms with E-state index in [1.165, 1.54) is 5.57 Å². The number of allylic oxidation sites excluding steroid dienone is 2. The van der Waals surface area contributed by atoms with Gasteiger partial charge in [0.15, 0.2) is 0 Å². The molecule has 0 amide bonds. The Morgan fingerprint density at radius 3 is 2.70 bits per heavy atom. The van der Waals surface area contributed by atoms with Crippen LogP contribution < -0.4 is 5.73 Å². The zero-order valence-electron chi connectivity index (χ0n) is 6.77. The summed E-state index contributed by atoms with van der Waals surface area (Å²) in [5.41, 5.74) is 6.58. The molecule has 0 atom stereocenters. The minimum absolute atomic E-state index is 0.721. The second kappa shape index (κ2) is 6.56. The van der Waals surface area contributed by atoms with Gasteiger partial charge in [-0.3, -0.25) is 0 Å². The molecule has 0 fully saturated rings. The van der Waals surface area contributed by atoms with Crippen molar-refractivity contribution < 1.29 is 0 Å². The van der Waals surface area contributed by atoms with Crippen LogP contribution in [0.2, 0.25) is 0 Å². The molecule has 0 aliphatic carbocycles. The summed E-state index contributed by atoms with van der Waals surface area (Å²) in [6, 6.07) is 0. The first-order valence-corrected chi connectivity index (χ1v) is 3.83. The quantitative estimate of drug-likeness (QED) is 0.581. The standard InChI is InChI=1S/C9H17N/c1-3-4-5-6-9(2)7-8-10/h4-5H,2-3,6-8,10H2,1H3/b5-4-. The molecular formula is C9H17N. The van der Waals surface area contributed by atoms with Crippen LogP contribution in [0.1, 0.15) is 26.2 Å². The molecule has 0 radical (unpaired) electrons. The molecule has 0 bridgehead atoms. The molecule has 0 aliphatic rings. The minimum atomic E-state index is 0.721. The summed E-state index contributed by atoms with van der Waals surface area (Å²) in [5.74, 6) is 0. The molecule has 1 nitrogen and oxygen atoms in total. The van der Waals surface area contributed by atoms with Gasteiger partial charge in [-0.2, -0.15) is 0 Å². The van der Waals surface area contributed by atoms with Crippen LogP contribution in [-0.4, -0.2) is 6.54 Å². The Labute approximate surface area is 63.6 Å². The van der Waals surface area contributed by atoms with Gasteiger partial charge < -0.3 is 5.73 Å². The second-order valence-electron chi connectivity index (χ2n) is 2.37. The van der Waals surface area contributed by atoms with Crippen LogP contribution in [0.4, 0.5) is 0 Å². The Morgan fingerprint density at radius 2 is 2.20 bits per heavy atom. The van der Waals surface area contributed by atoms with Gasteiger partial charge in [0, 0.05) is 0 Å². The highest BCUT2D eigenvalue weighted by Gasteiger charge is 1.86. The lowest BCUT2D eigenvalue weighted by atomic mass is 10.1. The molecule has 0 aromatic rings. The predicted molar refractivity (Wildman–Crippen MR) is 46.9 cm³/mol. The maximum atomic E-state index is 5.35. The van der Waals surface area contributed by atoms with E-state index in [1.54, 1.807) is 0 Å². The molecule has 0 spiro atoms. The highest BCUT2D eigenvalue weighted by molar-refractivity contribution is 5.02. The van der Waals surface area contributed by atoms with Crippen molar-refractivity contribution in [2.45, 2.75) is 26.2 Å². The van der Waals surface area contributed by atoms with Crippen molar-refractivity contribution in [3.05, 3.63) is 24.3 Å². The van der Waals surface area contributed by atoms with Gasteiger partial charge in [-0.1, -0.05) is 31.2 Å². The van der Waals surface area contributed by atoms with Crippen molar-refractivity contribution in [1.82, 2.24) is 0 Å². The molecule has 0 aliphatic heterocycles. The first-order valence-electron chi connectivity index (χ1n) is 3.83. The molecule has 1 heteroatoms. The van der Waals surface area contributed by atoms with Gasteiger partial charge in [0.05, 0.1) is 0 Å². The summed E-state index contributed by atoms with van der Waals surface area (Å²) >= 11 is 0. The fourth-order valence-electron chi connectivity index (χ4n) is 0.723. The summed E-state index contributed by atoms with van der Waals surface area (Å²) in [4.78, 5) is 0. The third kappa shape index (κ3) is 5.57. The van der Waals surface area contributed by atoms with Crippen molar-refractivity contribution in [2.75, 3.05) is 6.54 Å². The van der Waals surface area contributed by atoms with Crippen molar-refractivity contribution >= 4 is 0 Å². The van der Waals surface area contributed by atoms with Crippen LogP contribution >= 0.6 is 0 Å². The fraction of sp³-hybridized carbons (Fsp3) is 0.556. The number of hydrogen-bond acceptors (Lipinski definition) is 1. The Balaban J connectivity index is 3.30. The van der Waals surface area contributed by atoms with Crippen molar-refractivity contribution in [1.29, 1.82) is 0 Å². The summed E-state index contributed by atoms with van der Waals surface area (Å²) in [6.45, 7) is 6.73. The maximum absolute atomic E-state index is 5.35. The average molecular weight is 139 g/mol. The molecule has 0 saturated heterocycles. The van der Waals surface area contributed by atoms with Gasteiger partial charge >= 0.3 is 0 Å². The highest BCUT2D eigenvalue weighted by Crippen LogP contribution is 2.02. The van der Waals surface area contributed by atoms with E-state index in [-0.39, 0.29) is 0 Å². The van der Waals surface area contributed by atoms with E-state index in [0.717, 1.165) is 25.8 Å². The lowest BCUT2D eigenvalue weighted by molar-refractivity contribution is 0.923. The lowest BCUT2D eigenvalue weighted by Gasteiger charge is -1.96. The largest absolute Gasteiger partial charge is 0.330 e. The van der Waals surface area contributed by atoms with Crippen molar-refractivity contribution in [3.8, 4) is 0 Å². The number of nitrogens with two attached hydrogens (primary N) is 1. The van der Waals surface area contributed by atoms with Crippen LogP contribution in [0.3, 0.4) is 0 Å². The predicted octanol–water partition coefficient (Wildman–Crippen LogP) is 2.25. The van der Waals surface area contributed by atoms with Gasteiger partial charge in [0.1, 0.15) is 0 Å². The molecule has 0 aromatic carbocycles. The zero-order chi connectivity index (χ0) is 7.82. The monoisotopic (exact) mass is 139 g/mol. The molecule has 58 valence electrons. The Morgan fingerprint density at radius 1 is 1.50 bits per heavy atom. The van der Waals surface area contributed by atoms with E-state index in [1.807, 2.05) is 0 Å². The molecule has 2 N–H and O–H groups in total. The molecular weight excluding hydrogens is 122 g/mol. The summed E-state index contributed by atoms with van der Waals surface area (Å²) in [7, 11) is 0. The van der Waals surface area contributed by atoms with Gasteiger partial charge in [-0.05, 0) is 25.8 Å². The average Bonchev–Trinajstić information content (AvgIpc) is 1.89. The van der Waals surface area contributed by atoms with E-state index in [2.05, 4.69) is 25.7 Å². The topological polar surface area (TPSA) is 26.0 Å². The molecule has 10 heavy (non-hydrogen) atoms. The highest BCUT2D eigenvalue weighted by atomic mass is 14.5. The van der Waals surface area contributed by atoms with Crippen LogP contribution in [0, 0.1) is 0 Å². The zero-order valence-corrected chi connectivity index (χ0v) is 6.77. The van der Waals surface area contributed by atoms with Gasteiger partial charge in [0.2, 0.25) is 0 Å². The Hall–Kier alpha value is -0.560. The normalized spacial score (nSPS) is 10.6. The SMILES string of the molecule is C=C(C/C=C\CC)CCN. The number of hydrogen-bond donors (Lipinski definition) is 1. The van der Waals surface area contributed by atoms with E-state index in [4.69, 9.17) is 5.73 Å². The smallest absolute Gasteiger partial charge is 0.00399 e. The molecule has 0 aromatic heterocycles. The summed E-state index contributed by atoms with van der Waals surface area (Å²) in [6.07, 6.45) is 7.36. The van der Waals surface area contributed by atoms with E-state index < -0.39 is 0 Å². The minimum Gasteiger partial charge on any atom is -0.330 e. The van der Waals surface area contributed by atoms with Crippen LogP contribution in [0.25, 0.3) is 0 Å². The summed E-state index contributed by atoms with van der Waals surface area (Å²) in [5, 5.41) is 0. The molecule has 0 unspecified atom stereocenters. The maximum Gasteiger partial charge on any atom is -0.00399 e. The fourth-order valence-corrected chi connectivity index (χ4v) is 0.723. The lowest BCUT2D eigenvalue weighted by Crippen LogP contribution is -1.98. The number of rotatable bonds is 5. The third-order valence-corrected chi connectivity index (χ3v) is 1.31. The van der Waals surface area contributed by atoms with Crippen molar-refractivity contribution in [3.63, 3.8) is 0 Å². The third-order valence-electron chi connectivity index (χ3n) is 1.31. The first kappa shape index (κ1) is 9.44. The van der Waals surface area contributed by atoms with Gasteiger partial charge in [-0.25, -0.2) is 0 Å². The van der Waals surface area contributed by atoms with E-state index in [0.29, 0.717) is 0 Å². The Kier molecular flexibility index (Phi) is 6.19. The van der Waals surface area contributed by atoms with Crippen LogP contribution in [0.15, 0.2) is 24.3 Å². The van der Waals surface area contributed by atoms with Gasteiger partial charge in [0.25, 0.3) is 0 Å². The first-order chi connectivity index (χ1) is 4.81. The van der Waals surface area contributed by atoms with E-state index >= 15 is 0 Å². The van der Waals surface area contributed by atoms with Crippen molar-refractivity contribution in [2.24, 2.45) is 5.73 Å².